The third-order valence-electron chi connectivity index (χ3n) is 3.52. The number of benzene rings is 2. The molecule has 1 N–H and O–H groups in total. The first-order valence-electron chi connectivity index (χ1n) is 7.25. The smallest absolute Gasteiger partial charge is 0.242 e. The lowest BCUT2D eigenvalue weighted by Gasteiger charge is -2.14. The zero-order valence-corrected chi connectivity index (χ0v) is 13.4. The Labute approximate surface area is 139 Å². The minimum Gasteiger partial charge on any atom is -0.497 e. The van der Waals surface area contributed by atoms with Gasteiger partial charge in [0.1, 0.15) is 23.2 Å². The van der Waals surface area contributed by atoms with Gasteiger partial charge in [-0.15, -0.1) is 0 Å². The Hall–Kier alpha value is -3.07. The van der Waals surface area contributed by atoms with Crippen molar-refractivity contribution < 1.29 is 18.7 Å². The molecule has 24 heavy (non-hydrogen) atoms. The van der Waals surface area contributed by atoms with Gasteiger partial charge in [0.25, 0.3) is 0 Å². The number of methoxy groups -OCH3 is 2. The molecule has 0 fully saturated rings. The lowest BCUT2D eigenvalue weighted by molar-refractivity contribution is -0.118. The molecule has 0 bridgehead atoms. The summed E-state index contributed by atoms with van der Waals surface area (Å²) < 4.78 is 24.0. The molecule has 0 aliphatic rings. The van der Waals surface area contributed by atoms with Gasteiger partial charge in [0.05, 0.1) is 26.0 Å². The predicted octanol–water partition coefficient (Wildman–Crippen LogP) is 3.16. The zero-order chi connectivity index (χ0) is 17.5. The van der Waals surface area contributed by atoms with E-state index in [4.69, 9.17) is 9.47 Å². The van der Waals surface area contributed by atoms with Gasteiger partial charge in [-0.2, -0.15) is 5.26 Å². The molecule has 2 aromatic rings. The van der Waals surface area contributed by atoms with E-state index in [-0.39, 0.29) is 12.1 Å². The van der Waals surface area contributed by atoms with Crippen molar-refractivity contribution in [2.75, 3.05) is 19.5 Å². The highest BCUT2D eigenvalue weighted by atomic mass is 19.1. The molecule has 0 saturated carbocycles. The van der Waals surface area contributed by atoms with Crippen LogP contribution in [0.5, 0.6) is 11.5 Å². The highest BCUT2D eigenvalue weighted by molar-refractivity contribution is 5.94. The Morgan fingerprint density at radius 2 is 2.00 bits per heavy atom. The quantitative estimate of drug-likeness (QED) is 0.884. The van der Waals surface area contributed by atoms with Crippen LogP contribution in [0.2, 0.25) is 0 Å². The van der Waals surface area contributed by atoms with Crippen LogP contribution in [-0.4, -0.2) is 20.1 Å². The standard InChI is InChI=1S/C18H17FN2O3/c1-23-14-7-8-17(24-2)12(10-14)9-13(11-20)18(22)21-16-6-4-3-5-15(16)19/h3-8,10,13H,9H2,1-2H3,(H,21,22)/t13-/m1/s1. The molecule has 6 heteroatoms. The van der Waals surface area contributed by atoms with Crippen molar-refractivity contribution in [3.05, 3.63) is 53.8 Å². The fraction of sp³-hybridized carbons (Fsp3) is 0.222. The van der Waals surface area contributed by atoms with E-state index in [0.717, 1.165) is 0 Å². The van der Waals surface area contributed by atoms with Crippen LogP contribution >= 0.6 is 0 Å². The summed E-state index contributed by atoms with van der Waals surface area (Å²) in [6.45, 7) is 0. The van der Waals surface area contributed by atoms with Crippen molar-refractivity contribution in [3.63, 3.8) is 0 Å². The Bertz CT molecular complexity index is 771. The largest absolute Gasteiger partial charge is 0.497 e. The van der Waals surface area contributed by atoms with E-state index < -0.39 is 17.6 Å². The number of rotatable bonds is 6. The lowest BCUT2D eigenvalue weighted by atomic mass is 9.98. The third-order valence-corrected chi connectivity index (χ3v) is 3.52. The van der Waals surface area contributed by atoms with Gasteiger partial charge >= 0.3 is 0 Å². The lowest BCUT2D eigenvalue weighted by Crippen LogP contribution is -2.24. The normalized spacial score (nSPS) is 11.2. The summed E-state index contributed by atoms with van der Waals surface area (Å²) in [7, 11) is 3.03. The Morgan fingerprint density at radius 1 is 1.25 bits per heavy atom. The molecule has 0 aliphatic carbocycles. The monoisotopic (exact) mass is 328 g/mol. The van der Waals surface area contributed by atoms with Gasteiger partial charge in [0, 0.05) is 6.42 Å². The van der Waals surface area contributed by atoms with Gasteiger partial charge in [0.2, 0.25) is 5.91 Å². The Balaban J connectivity index is 2.19. The van der Waals surface area contributed by atoms with Crippen molar-refractivity contribution in [2.45, 2.75) is 6.42 Å². The maximum absolute atomic E-state index is 13.6. The SMILES string of the molecule is COc1ccc(OC)c(C[C@H](C#N)C(=O)Nc2ccccc2F)c1. The van der Waals surface area contributed by atoms with Crippen LogP contribution in [0.4, 0.5) is 10.1 Å². The van der Waals surface area contributed by atoms with E-state index in [1.165, 1.54) is 32.4 Å². The first-order valence-corrected chi connectivity index (χ1v) is 7.25. The number of anilines is 1. The summed E-state index contributed by atoms with van der Waals surface area (Å²) in [5.74, 6) is -0.980. The molecule has 0 spiro atoms. The summed E-state index contributed by atoms with van der Waals surface area (Å²) >= 11 is 0. The Morgan fingerprint density at radius 3 is 2.62 bits per heavy atom. The maximum atomic E-state index is 13.6. The van der Waals surface area contributed by atoms with Crippen molar-refractivity contribution in [1.82, 2.24) is 0 Å². The van der Waals surface area contributed by atoms with Crippen molar-refractivity contribution in [1.29, 1.82) is 5.26 Å². The summed E-state index contributed by atoms with van der Waals surface area (Å²) in [6.07, 6.45) is 0.122. The highest BCUT2D eigenvalue weighted by Crippen LogP contribution is 2.27. The number of carbonyl (C=O) groups is 1. The van der Waals surface area contributed by atoms with Crippen molar-refractivity contribution >= 4 is 11.6 Å². The highest BCUT2D eigenvalue weighted by Gasteiger charge is 2.21. The van der Waals surface area contributed by atoms with Crippen LogP contribution in [-0.2, 0) is 11.2 Å². The van der Waals surface area contributed by atoms with Crippen LogP contribution in [0.1, 0.15) is 5.56 Å². The second-order valence-electron chi connectivity index (χ2n) is 5.03. The number of carbonyl (C=O) groups excluding carboxylic acids is 1. The maximum Gasteiger partial charge on any atom is 0.242 e. The van der Waals surface area contributed by atoms with Gasteiger partial charge in [-0.05, 0) is 35.9 Å². The first-order chi connectivity index (χ1) is 11.6. The third kappa shape index (κ3) is 4.02. The molecule has 0 aliphatic heterocycles. The fourth-order valence-electron chi connectivity index (χ4n) is 2.24. The molecule has 0 unspecified atom stereocenters. The van der Waals surface area contributed by atoms with Gasteiger partial charge in [-0.25, -0.2) is 4.39 Å². The zero-order valence-electron chi connectivity index (χ0n) is 13.4. The number of ether oxygens (including phenoxy) is 2. The van der Waals surface area contributed by atoms with Gasteiger partial charge in [0.15, 0.2) is 0 Å². The van der Waals surface area contributed by atoms with E-state index in [1.807, 2.05) is 6.07 Å². The van der Waals surface area contributed by atoms with Crippen molar-refractivity contribution in [2.24, 2.45) is 5.92 Å². The van der Waals surface area contributed by atoms with Crippen LogP contribution in [0.3, 0.4) is 0 Å². The second-order valence-corrected chi connectivity index (χ2v) is 5.03. The predicted molar refractivity (Wildman–Crippen MR) is 87.4 cm³/mol. The number of amides is 1. The van der Waals surface area contributed by atoms with E-state index in [2.05, 4.69) is 5.32 Å². The van der Waals surface area contributed by atoms with Gasteiger partial charge in [-0.3, -0.25) is 4.79 Å². The molecule has 1 atom stereocenters. The number of para-hydroxylation sites is 1. The van der Waals surface area contributed by atoms with Crippen LogP contribution < -0.4 is 14.8 Å². The first kappa shape index (κ1) is 17.3. The average molecular weight is 328 g/mol. The summed E-state index contributed by atoms with van der Waals surface area (Å²) in [4.78, 5) is 12.3. The summed E-state index contributed by atoms with van der Waals surface area (Å²) in [5, 5.41) is 11.8. The van der Waals surface area contributed by atoms with E-state index in [0.29, 0.717) is 17.1 Å². The molecule has 0 aromatic heterocycles. The molecule has 5 nitrogen and oxygen atoms in total. The molecule has 0 heterocycles. The second kappa shape index (κ2) is 7.97. The summed E-state index contributed by atoms with van der Waals surface area (Å²) in [6, 6.07) is 12.9. The number of hydrogen-bond donors (Lipinski definition) is 1. The molecule has 1 amide bonds. The minimum atomic E-state index is -0.995. The van der Waals surface area contributed by atoms with Gasteiger partial charge < -0.3 is 14.8 Å². The topological polar surface area (TPSA) is 71.3 Å². The number of nitriles is 1. The fourth-order valence-corrected chi connectivity index (χ4v) is 2.24. The molecular formula is C18H17FN2O3. The molecule has 0 saturated heterocycles. The van der Waals surface area contributed by atoms with E-state index in [9.17, 15) is 14.4 Å². The van der Waals surface area contributed by atoms with Crippen LogP contribution in [0.25, 0.3) is 0 Å². The summed E-state index contributed by atoms with van der Waals surface area (Å²) in [5.41, 5.74) is 0.701. The molecular weight excluding hydrogens is 311 g/mol. The Kier molecular flexibility index (Phi) is 5.74. The van der Waals surface area contributed by atoms with E-state index >= 15 is 0 Å². The average Bonchev–Trinajstić information content (AvgIpc) is 2.61. The number of halogens is 1. The van der Waals surface area contributed by atoms with E-state index in [1.54, 1.807) is 24.3 Å². The number of nitrogens with one attached hydrogen (secondary N) is 1. The number of hydrogen-bond acceptors (Lipinski definition) is 4. The van der Waals surface area contributed by atoms with Gasteiger partial charge in [-0.1, -0.05) is 12.1 Å². The number of nitrogens with zero attached hydrogens (tertiary/aromatic N) is 1. The minimum absolute atomic E-state index is 0.0420. The molecule has 124 valence electrons. The molecule has 2 aromatic carbocycles. The van der Waals surface area contributed by atoms with Crippen LogP contribution in [0.15, 0.2) is 42.5 Å². The van der Waals surface area contributed by atoms with Crippen LogP contribution in [0, 0.1) is 23.1 Å². The molecule has 2 rings (SSSR count). The van der Waals surface area contributed by atoms with Crippen molar-refractivity contribution in [3.8, 4) is 17.6 Å². The molecule has 0 radical (unpaired) electrons.